The van der Waals surface area contributed by atoms with Crippen LogP contribution in [-0.2, 0) is 0 Å². The van der Waals surface area contributed by atoms with Gasteiger partial charge >= 0.3 is 0 Å². The molecule has 0 spiro atoms. The van der Waals surface area contributed by atoms with Crippen molar-refractivity contribution < 1.29 is 13.6 Å². The van der Waals surface area contributed by atoms with Crippen LogP contribution in [0.1, 0.15) is 10.6 Å². The van der Waals surface area contributed by atoms with Gasteiger partial charge in [-0.1, -0.05) is 22.0 Å². The van der Waals surface area contributed by atoms with E-state index < -0.39 is 0 Å². The van der Waals surface area contributed by atoms with E-state index in [-0.39, 0.29) is 11.7 Å². The summed E-state index contributed by atoms with van der Waals surface area (Å²) < 4.78 is 12.5. The Hall–Kier alpha value is -2.38. The van der Waals surface area contributed by atoms with Gasteiger partial charge in [-0.2, -0.15) is 0 Å². The van der Waals surface area contributed by atoms with E-state index in [2.05, 4.69) is 42.2 Å². The van der Waals surface area contributed by atoms with Gasteiger partial charge in [0.2, 0.25) is 5.89 Å². The number of anilines is 1. The van der Waals surface area contributed by atoms with E-state index in [1.54, 1.807) is 30.3 Å². The third kappa shape index (κ3) is 3.38. The van der Waals surface area contributed by atoms with E-state index in [1.165, 1.54) is 0 Å². The highest BCUT2D eigenvalue weighted by atomic mass is 79.9. The zero-order valence-corrected chi connectivity index (χ0v) is 15.8. The van der Waals surface area contributed by atoms with Crippen LogP contribution in [0.5, 0.6) is 0 Å². The van der Waals surface area contributed by atoms with Crippen LogP contribution < -0.4 is 5.32 Å². The number of carbonyl (C=O) groups excluding carboxylic acids is 1. The van der Waals surface area contributed by atoms with Crippen molar-refractivity contribution in [2.75, 3.05) is 5.32 Å². The van der Waals surface area contributed by atoms with Crippen molar-refractivity contribution in [1.29, 1.82) is 0 Å². The van der Waals surface area contributed by atoms with Gasteiger partial charge in [0.25, 0.3) is 5.91 Å². The minimum Gasteiger partial charge on any atom is -0.444 e. The second kappa shape index (κ2) is 6.50. The van der Waals surface area contributed by atoms with Crippen molar-refractivity contribution >= 4 is 54.6 Å². The predicted molar refractivity (Wildman–Crippen MR) is 102 cm³/mol. The Morgan fingerprint density at radius 1 is 1.00 bits per heavy atom. The predicted octanol–water partition coefficient (Wildman–Crippen LogP) is 5.87. The lowest BCUT2D eigenvalue weighted by Gasteiger charge is -2.02. The van der Waals surface area contributed by atoms with Crippen molar-refractivity contribution in [3.8, 4) is 11.5 Å². The van der Waals surface area contributed by atoms with Crippen LogP contribution in [0.15, 0.2) is 72.6 Å². The summed E-state index contributed by atoms with van der Waals surface area (Å²) >= 11 is 6.61. The van der Waals surface area contributed by atoms with E-state index >= 15 is 0 Å². The maximum absolute atomic E-state index is 12.2. The fraction of sp³-hybridized carbons (Fsp3) is 0. The third-order valence-corrected chi connectivity index (χ3v) is 4.43. The van der Waals surface area contributed by atoms with Crippen molar-refractivity contribution in [2.24, 2.45) is 0 Å². The Morgan fingerprint density at radius 3 is 2.64 bits per heavy atom. The fourth-order valence-electron chi connectivity index (χ4n) is 2.38. The molecule has 5 nitrogen and oxygen atoms in total. The first-order chi connectivity index (χ1) is 12.1. The summed E-state index contributed by atoms with van der Waals surface area (Å²) in [7, 11) is 0. The number of rotatable bonds is 3. The highest BCUT2D eigenvalue weighted by Gasteiger charge is 2.13. The normalized spacial score (nSPS) is 11.0. The Bertz CT molecular complexity index is 1080. The highest BCUT2D eigenvalue weighted by Crippen LogP contribution is 2.28. The molecule has 25 heavy (non-hydrogen) atoms. The van der Waals surface area contributed by atoms with E-state index in [9.17, 15) is 4.79 Å². The number of nitrogens with one attached hydrogen (secondary N) is 1. The lowest BCUT2D eigenvalue weighted by atomic mass is 10.2. The number of hydrogen-bond acceptors (Lipinski definition) is 4. The molecule has 0 fully saturated rings. The molecule has 7 heteroatoms. The summed E-state index contributed by atoms with van der Waals surface area (Å²) in [5.41, 5.74) is 2.79. The van der Waals surface area contributed by atoms with Gasteiger partial charge in [0.05, 0.1) is 0 Å². The minimum absolute atomic E-state index is 0.224. The van der Waals surface area contributed by atoms with E-state index in [0.29, 0.717) is 27.3 Å². The average molecular weight is 462 g/mol. The summed E-state index contributed by atoms with van der Waals surface area (Å²) in [6.45, 7) is 0. The Morgan fingerprint density at radius 2 is 1.88 bits per heavy atom. The molecule has 0 aliphatic rings. The lowest BCUT2D eigenvalue weighted by molar-refractivity contribution is 0.0995. The average Bonchev–Trinajstić information content (AvgIpc) is 3.20. The number of benzene rings is 2. The van der Waals surface area contributed by atoms with Crippen LogP contribution in [0.25, 0.3) is 22.6 Å². The molecule has 2 heterocycles. The molecule has 0 bridgehead atoms. The molecule has 0 aliphatic carbocycles. The number of furan rings is 1. The topological polar surface area (TPSA) is 68.3 Å². The van der Waals surface area contributed by atoms with Gasteiger partial charge in [0, 0.05) is 15.7 Å². The molecule has 2 aromatic carbocycles. The van der Waals surface area contributed by atoms with Crippen molar-refractivity contribution in [2.45, 2.75) is 0 Å². The minimum atomic E-state index is -0.333. The molecule has 0 atom stereocenters. The number of fused-ring (bicyclic) bond motifs is 1. The molecule has 0 radical (unpaired) electrons. The third-order valence-electron chi connectivity index (χ3n) is 3.51. The van der Waals surface area contributed by atoms with E-state index in [1.807, 2.05) is 24.3 Å². The molecule has 2 aromatic heterocycles. The van der Waals surface area contributed by atoms with Gasteiger partial charge in [-0.3, -0.25) is 4.79 Å². The molecular weight excluding hydrogens is 452 g/mol. The second-order valence-electron chi connectivity index (χ2n) is 5.27. The van der Waals surface area contributed by atoms with Crippen LogP contribution in [0, 0.1) is 0 Å². The van der Waals surface area contributed by atoms with Crippen LogP contribution >= 0.6 is 31.9 Å². The Kier molecular flexibility index (Phi) is 4.19. The van der Waals surface area contributed by atoms with Crippen LogP contribution in [0.4, 0.5) is 5.69 Å². The second-order valence-corrected chi connectivity index (χ2v) is 6.97. The van der Waals surface area contributed by atoms with Crippen molar-refractivity contribution in [3.63, 3.8) is 0 Å². The molecule has 0 unspecified atom stereocenters. The van der Waals surface area contributed by atoms with Crippen LogP contribution in [0.2, 0.25) is 0 Å². The first-order valence-electron chi connectivity index (χ1n) is 7.32. The van der Waals surface area contributed by atoms with Gasteiger partial charge < -0.3 is 14.2 Å². The zero-order valence-electron chi connectivity index (χ0n) is 12.6. The Balaban J connectivity index is 1.63. The molecule has 1 N–H and O–H groups in total. The number of carbonyl (C=O) groups is 1. The first kappa shape index (κ1) is 16.1. The lowest BCUT2D eigenvalue weighted by Crippen LogP contribution is -2.10. The summed E-state index contributed by atoms with van der Waals surface area (Å²) in [6.07, 6.45) is 0. The highest BCUT2D eigenvalue weighted by molar-refractivity contribution is 9.10. The summed E-state index contributed by atoms with van der Waals surface area (Å²) in [6, 6.07) is 16.3. The summed E-state index contributed by atoms with van der Waals surface area (Å²) in [5.74, 6) is 0.414. The number of nitrogens with zero attached hydrogens (tertiary/aromatic N) is 1. The largest absolute Gasteiger partial charge is 0.444 e. The van der Waals surface area contributed by atoms with Crippen molar-refractivity contribution in [1.82, 2.24) is 4.98 Å². The number of hydrogen-bond donors (Lipinski definition) is 1. The molecule has 1 amide bonds. The fourth-order valence-corrected chi connectivity index (χ4v) is 3.08. The molecule has 0 saturated carbocycles. The maximum Gasteiger partial charge on any atom is 0.291 e. The molecule has 4 aromatic rings. The molecular formula is C18H10Br2N2O3. The molecule has 0 saturated heterocycles. The van der Waals surface area contributed by atoms with Gasteiger partial charge in [-0.15, -0.1) is 0 Å². The monoisotopic (exact) mass is 460 g/mol. The van der Waals surface area contributed by atoms with Gasteiger partial charge in [-0.05, 0) is 64.5 Å². The first-order valence-corrected chi connectivity index (χ1v) is 8.90. The SMILES string of the molecule is O=C(Nc1ccc2oc(-c3cccc(Br)c3)nc2c1)c1ccc(Br)o1. The number of amides is 1. The standard InChI is InChI=1S/C18H10Br2N2O3/c19-11-3-1-2-10(8-11)18-22-13-9-12(4-5-14(13)25-18)21-17(23)15-6-7-16(20)24-15/h1-9H,(H,21,23). The quantitative estimate of drug-likeness (QED) is 0.414. The summed E-state index contributed by atoms with van der Waals surface area (Å²) in [4.78, 5) is 16.7. The van der Waals surface area contributed by atoms with E-state index in [4.69, 9.17) is 8.83 Å². The smallest absolute Gasteiger partial charge is 0.291 e. The van der Waals surface area contributed by atoms with Crippen LogP contribution in [-0.4, -0.2) is 10.9 Å². The number of halogens is 2. The number of aromatic nitrogens is 1. The Labute approximate surface area is 159 Å². The maximum atomic E-state index is 12.2. The molecule has 4 rings (SSSR count). The van der Waals surface area contributed by atoms with Crippen LogP contribution in [0.3, 0.4) is 0 Å². The van der Waals surface area contributed by atoms with E-state index in [0.717, 1.165) is 10.0 Å². The summed E-state index contributed by atoms with van der Waals surface area (Å²) in [5, 5.41) is 2.78. The molecule has 124 valence electrons. The molecule has 0 aliphatic heterocycles. The van der Waals surface area contributed by atoms with Crippen molar-refractivity contribution in [3.05, 3.63) is 69.5 Å². The van der Waals surface area contributed by atoms with Gasteiger partial charge in [-0.25, -0.2) is 4.98 Å². The van der Waals surface area contributed by atoms with Gasteiger partial charge in [0.1, 0.15) is 5.52 Å². The zero-order chi connectivity index (χ0) is 17.4. The van der Waals surface area contributed by atoms with Gasteiger partial charge in [0.15, 0.2) is 16.0 Å². The number of oxazole rings is 1.